The highest BCUT2D eigenvalue weighted by atomic mass is 19.4. The second kappa shape index (κ2) is 5.58. The van der Waals surface area contributed by atoms with Gasteiger partial charge in [-0.05, 0) is 43.3 Å². The summed E-state index contributed by atoms with van der Waals surface area (Å²) in [6.07, 6.45) is -4.77. The molecule has 0 radical (unpaired) electrons. The largest absolute Gasteiger partial charge is 0.573 e. The Bertz CT molecular complexity index is 1180. The quantitative estimate of drug-likeness (QED) is 0.559. The summed E-state index contributed by atoms with van der Waals surface area (Å²) in [6, 6.07) is 12.3. The number of ether oxygens (including phenoxy) is 1. The lowest BCUT2D eigenvalue weighted by atomic mass is 10.2. The highest BCUT2D eigenvalue weighted by Gasteiger charge is 2.31. The average molecular weight is 361 g/mol. The number of fused-ring (bicyclic) bond motifs is 3. The molecule has 0 spiro atoms. The first-order valence-electron chi connectivity index (χ1n) is 7.62. The van der Waals surface area contributed by atoms with Crippen molar-refractivity contribution >= 4 is 16.6 Å². The Morgan fingerprint density at radius 2 is 1.81 bits per heavy atom. The lowest BCUT2D eigenvalue weighted by Gasteiger charge is -2.08. The zero-order valence-corrected chi connectivity index (χ0v) is 13.4. The van der Waals surface area contributed by atoms with Crippen LogP contribution in [0, 0.1) is 6.92 Å². The van der Waals surface area contributed by atoms with Crippen LogP contribution in [0.3, 0.4) is 0 Å². The minimum Gasteiger partial charge on any atom is -0.406 e. The van der Waals surface area contributed by atoms with E-state index < -0.39 is 6.36 Å². The number of nitrogens with one attached hydrogen (secondary N) is 1. The van der Waals surface area contributed by atoms with E-state index in [2.05, 4.69) is 14.9 Å². The van der Waals surface area contributed by atoms with Crippen molar-refractivity contribution in [2.75, 3.05) is 0 Å². The van der Waals surface area contributed by atoms with E-state index in [4.69, 9.17) is 0 Å². The molecule has 0 atom stereocenters. The molecule has 4 aromatic rings. The number of aromatic nitrogens is 4. The summed E-state index contributed by atoms with van der Waals surface area (Å²) >= 11 is 0. The fourth-order valence-corrected chi connectivity index (χ4v) is 2.84. The Kier molecular flexibility index (Phi) is 3.46. The molecule has 0 aliphatic carbocycles. The van der Waals surface area contributed by atoms with E-state index in [1.54, 1.807) is 11.4 Å². The molecule has 132 valence electrons. The molecule has 0 fully saturated rings. The zero-order chi connectivity index (χ0) is 18.5. The normalized spacial score (nSPS) is 12.0. The molecule has 2 heterocycles. The monoisotopic (exact) mass is 361 g/mol. The topological polar surface area (TPSA) is 64.0 Å². The standard InChI is InChI=1S/C17H11F3N4O2/c1-10-15-16(25)23(11-6-8-12(9-7-11)26-17(18,19)20)22-24(15)14-5-3-2-4-13(14)21-10/h2-9H,1H3/p+1. The fraction of sp³-hybridized carbons (Fsp3) is 0.118. The second-order valence-corrected chi connectivity index (χ2v) is 5.65. The average Bonchev–Trinajstić information content (AvgIpc) is 2.93. The number of nitrogens with zero attached hydrogens (tertiary/aromatic N) is 3. The van der Waals surface area contributed by atoms with E-state index in [0.717, 1.165) is 12.1 Å². The van der Waals surface area contributed by atoms with E-state index in [1.807, 2.05) is 24.3 Å². The molecule has 0 aliphatic rings. The first-order valence-corrected chi connectivity index (χ1v) is 7.62. The third-order valence-corrected chi connectivity index (χ3v) is 3.91. The van der Waals surface area contributed by atoms with Gasteiger partial charge in [-0.25, -0.2) is 9.78 Å². The third-order valence-electron chi connectivity index (χ3n) is 3.91. The number of aryl methyl sites for hydroxylation is 1. The molecule has 0 saturated carbocycles. The Morgan fingerprint density at radius 1 is 1.12 bits per heavy atom. The Labute approximate surface area is 144 Å². The van der Waals surface area contributed by atoms with E-state index in [9.17, 15) is 18.0 Å². The van der Waals surface area contributed by atoms with Crippen LogP contribution in [0.2, 0.25) is 0 Å². The third kappa shape index (κ3) is 2.67. The van der Waals surface area contributed by atoms with E-state index in [1.165, 1.54) is 16.8 Å². The molecule has 0 unspecified atom stereocenters. The summed E-state index contributed by atoms with van der Waals surface area (Å²) in [5.74, 6) is -0.360. The summed E-state index contributed by atoms with van der Waals surface area (Å²) in [5.41, 5.74) is 2.34. The lowest BCUT2D eigenvalue weighted by molar-refractivity contribution is -0.556. The number of para-hydroxylation sites is 2. The molecule has 0 bridgehead atoms. The first kappa shape index (κ1) is 16.1. The number of benzene rings is 2. The van der Waals surface area contributed by atoms with Crippen molar-refractivity contribution in [3.8, 4) is 11.4 Å². The summed E-state index contributed by atoms with van der Waals surface area (Å²) in [4.78, 5) is 17.2. The molecular formula is C17H12F3N4O2+. The van der Waals surface area contributed by atoms with Gasteiger partial charge >= 0.3 is 11.9 Å². The molecule has 6 nitrogen and oxygen atoms in total. The SMILES string of the molecule is Cc1nc2ccccc2[n+]2[nH]n(-c3ccc(OC(F)(F)F)cc3)c(=O)c12. The second-order valence-electron chi connectivity index (χ2n) is 5.65. The van der Waals surface area contributed by atoms with Gasteiger partial charge in [0.15, 0.2) is 11.2 Å². The van der Waals surface area contributed by atoms with Crippen molar-refractivity contribution in [2.24, 2.45) is 0 Å². The number of alkyl halides is 3. The predicted octanol–water partition coefficient (Wildman–Crippen LogP) is 2.66. The van der Waals surface area contributed by atoms with Crippen LogP contribution >= 0.6 is 0 Å². The van der Waals surface area contributed by atoms with Crippen molar-refractivity contribution < 1.29 is 22.4 Å². The van der Waals surface area contributed by atoms with Gasteiger partial charge in [-0.1, -0.05) is 22.0 Å². The molecule has 26 heavy (non-hydrogen) atoms. The van der Waals surface area contributed by atoms with Crippen molar-refractivity contribution in [1.82, 2.24) is 14.9 Å². The predicted molar refractivity (Wildman–Crippen MR) is 86.3 cm³/mol. The molecule has 2 aromatic heterocycles. The number of aromatic amines is 1. The molecule has 4 rings (SSSR count). The minimum atomic E-state index is -4.77. The number of rotatable bonds is 2. The van der Waals surface area contributed by atoms with Gasteiger partial charge in [-0.2, -0.15) is 0 Å². The van der Waals surface area contributed by atoms with Crippen LogP contribution in [-0.4, -0.2) is 21.2 Å². The summed E-state index contributed by atoms with van der Waals surface area (Å²) in [5, 5.41) is 2.95. The van der Waals surface area contributed by atoms with Crippen LogP contribution in [0.25, 0.3) is 22.2 Å². The van der Waals surface area contributed by atoms with Crippen LogP contribution in [0.1, 0.15) is 5.69 Å². The first-order chi connectivity index (χ1) is 12.3. The van der Waals surface area contributed by atoms with Gasteiger partial charge in [0.05, 0.1) is 5.69 Å². The maximum Gasteiger partial charge on any atom is 0.573 e. The summed E-state index contributed by atoms with van der Waals surface area (Å²) in [6.45, 7) is 1.72. The van der Waals surface area contributed by atoms with E-state index >= 15 is 0 Å². The lowest BCUT2D eigenvalue weighted by Crippen LogP contribution is -2.27. The summed E-state index contributed by atoms with van der Waals surface area (Å²) < 4.78 is 43.5. The van der Waals surface area contributed by atoms with Gasteiger partial charge in [0, 0.05) is 0 Å². The molecular weight excluding hydrogens is 349 g/mol. The van der Waals surface area contributed by atoms with Crippen molar-refractivity contribution in [3.63, 3.8) is 0 Å². The Morgan fingerprint density at radius 3 is 2.50 bits per heavy atom. The molecule has 0 saturated heterocycles. The zero-order valence-electron chi connectivity index (χ0n) is 13.4. The highest BCUT2D eigenvalue weighted by molar-refractivity contribution is 5.72. The van der Waals surface area contributed by atoms with E-state index in [-0.39, 0.29) is 11.3 Å². The van der Waals surface area contributed by atoms with Gasteiger partial charge in [0.2, 0.25) is 0 Å². The molecule has 9 heteroatoms. The van der Waals surface area contributed by atoms with Crippen LogP contribution in [0.15, 0.2) is 53.3 Å². The maximum atomic E-state index is 12.8. The number of H-pyrrole nitrogens is 1. The van der Waals surface area contributed by atoms with Crippen molar-refractivity contribution in [2.45, 2.75) is 13.3 Å². The molecule has 2 aromatic carbocycles. The molecule has 0 aliphatic heterocycles. The maximum absolute atomic E-state index is 12.8. The molecule has 1 N–H and O–H groups in total. The van der Waals surface area contributed by atoms with Gasteiger partial charge in [-0.15, -0.1) is 17.7 Å². The Balaban J connectivity index is 1.87. The highest BCUT2D eigenvalue weighted by Crippen LogP contribution is 2.23. The number of hydrogen-bond acceptors (Lipinski definition) is 3. The van der Waals surface area contributed by atoms with Crippen LogP contribution in [0.4, 0.5) is 13.2 Å². The molecule has 0 amide bonds. The fourth-order valence-electron chi connectivity index (χ4n) is 2.84. The van der Waals surface area contributed by atoms with Crippen molar-refractivity contribution in [3.05, 3.63) is 64.6 Å². The number of halogens is 3. The van der Waals surface area contributed by atoms with Crippen LogP contribution in [0.5, 0.6) is 5.75 Å². The van der Waals surface area contributed by atoms with Crippen LogP contribution < -0.4 is 14.8 Å². The van der Waals surface area contributed by atoms with Crippen LogP contribution in [-0.2, 0) is 0 Å². The smallest absolute Gasteiger partial charge is 0.406 e. The Hall–Kier alpha value is -3.36. The van der Waals surface area contributed by atoms with Gasteiger partial charge in [-0.3, -0.25) is 0 Å². The van der Waals surface area contributed by atoms with E-state index in [0.29, 0.717) is 27.9 Å². The van der Waals surface area contributed by atoms with Crippen molar-refractivity contribution in [1.29, 1.82) is 0 Å². The van der Waals surface area contributed by atoms with Gasteiger partial charge in [0.1, 0.15) is 11.3 Å². The minimum absolute atomic E-state index is 0.356. The number of hydrogen-bond donors (Lipinski definition) is 1. The summed E-state index contributed by atoms with van der Waals surface area (Å²) in [7, 11) is 0. The van der Waals surface area contributed by atoms with Gasteiger partial charge < -0.3 is 4.74 Å². The van der Waals surface area contributed by atoms with Gasteiger partial charge in [0.25, 0.3) is 5.52 Å².